The van der Waals surface area contributed by atoms with E-state index in [1.54, 1.807) is 12.2 Å². The highest BCUT2D eigenvalue weighted by atomic mass is 16.2. The van der Waals surface area contributed by atoms with Gasteiger partial charge in [-0.25, -0.2) is 5.84 Å². The second-order valence-electron chi connectivity index (χ2n) is 4.69. The average molecular weight is 276 g/mol. The monoisotopic (exact) mass is 276 g/mol. The molecule has 0 saturated carbocycles. The first kappa shape index (κ1) is 16.4. The standard InChI is InChI=1S/C15H24N4O/c1-3-5-7-14(6-4-2)12-18-8-10-19(11-9-18)13-15(20)17-16/h3-7H,1-2,8-13,16H2,(H,17,20)/b7-5-,14-6+. The number of allylic oxidation sites excluding steroid dienone is 4. The summed E-state index contributed by atoms with van der Waals surface area (Å²) in [5, 5.41) is 0. The molecule has 1 heterocycles. The molecule has 0 aromatic heterocycles. The Labute approximate surface area is 121 Å². The van der Waals surface area contributed by atoms with Gasteiger partial charge in [0.25, 0.3) is 0 Å². The number of hydrazine groups is 1. The smallest absolute Gasteiger partial charge is 0.248 e. The van der Waals surface area contributed by atoms with E-state index < -0.39 is 0 Å². The number of hydrogen-bond donors (Lipinski definition) is 2. The predicted molar refractivity (Wildman–Crippen MR) is 82.8 cm³/mol. The van der Waals surface area contributed by atoms with Gasteiger partial charge < -0.3 is 0 Å². The van der Waals surface area contributed by atoms with Gasteiger partial charge >= 0.3 is 0 Å². The van der Waals surface area contributed by atoms with Crippen molar-refractivity contribution in [3.63, 3.8) is 0 Å². The fraction of sp³-hybridized carbons (Fsp3) is 0.400. The van der Waals surface area contributed by atoms with E-state index >= 15 is 0 Å². The van der Waals surface area contributed by atoms with E-state index in [0.29, 0.717) is 6.54 Å². The summed E-state index contributed by atoms with van der Waals surface area (Å²) in [5.74, 6) is 4.95. The Hall–Kier alpha value is -1.69. The summed E-state index contributed by atoms with van der Waals surface area (Å²) in [6.07, 6.45) is 9.54. The van der Waals surface area contributed by atoms with E-state index in [2.05, 4.69) is 28.4 Å². The predicted octanol–water partition coefficient (Wildman–Crippen LogP) is 0.449. The molecule has 1 aliphatic rings. The van der Waals surface area contributed by atoms with Gasteiger partial charge in [-0.3, -0.25) is 20.0 Å². The highest BCUT2D eigenvalue weighted by Gasteiger charge is 2.18. The van der Waals surface area contributed by atoms with Gasteiger partial charge in [-0.15, -0.1) is 0 Å². The highest BCUT2D eigenvalue weighted by Crippen LogP contribution is 2.07. The zero-order valence-corrected chi connectivity index (χ0v) is 11.9. The second kappa shape index (κ2) is 9.25. The van der Waals surface area contributed by atoms with Gasteiger partial charge in [0.2, 0.25) is 5.91 Å². The number of nitrogens with zero attached hydrogens (tertiary/aromatic N) is 2. The van der Waals surface area contributed by atoms with Crippen molar-refractivity contribution in [2.24, 2.45) is 5.84 Å². The van der Waals surface area contributed by atoms with Gasteiger partial charge in [-0.05, 0) is 5.57 Å². The number of hydrogen-bond acceptors (Lipinski definition) is 4. The Balaban J connectivity index is 2.42. The third-order valence-electron chi connectivity index (χ3n) is 3.18. The van der Waals surface area contributed by atoms with E-state index in [9.17, 15) is 4.79 Å². The summed E-state index contributed by atoms with van der Waals surface area (Å²) >= 11 is 0. The number of carbonyl (C=O) groups is 1. The number of carbonyl (C=O) groups excluding carboxylic acids is 1. The van der Waals surface area contributed by atoms with E-state index in [1.165, 1.54) is 5.57 Å². The third kappa shape index (κ3) is 5.97. The molecular weight excluding hydrogens is 252 g/mol. The van der Waals surface area contributed by atoms with Crippen molar-refractivity contribution in [3.8, 4) is 0 Å². The number of nitrogens with two attached hydrogens (primary N) is 1. The Morgan fingerprint density at radius 2 is 1.70 bits per heavy atom. The Bertz CT molecular complexity index is 393. The molecule has 110 valence electrons. The van der Waals surface area contributed by atoms with Gasteiger partial charge in [0, 0.05) is 32.7 Å². The Morgan fingerprint density at radius 3 is 2.20 bits per heavy atom. The molecule has 0 radical (unpaired) electrons. The summed E-state index contributed by atoms with van der Waals surface area (Å²) in [6.45, 7) is 12.3. The fourth-order valence-corrected chi connectivity index (χ4v) is 2.12. The zero-order valence-electron chi connectivity index (χ0n) is 11.9. The fourth-order valence-electron chi connectivity index (χ4n) is 2.12. The molecule has 3 N–H and O–H groups in total. The lowest BCUT2D eigenvalue weighted by Crippen LogP contribution is -2.50. The van der Waals surface area contributed by atoms with Gasteiger partial charge in [-0.2, -0.15) is 0 Å². The molecule has 0 aliphatic carbocycles. The van der Waals surface area contributed by atoms with Crippen LogP contribution in [0.2, 0.25) is 0 Å². The van der Waals surface area contributed by atoms with Crippen LogP contribution in [0.15, 0.2) is 49.1 Å². The van der Waals surface area contributed by atoms with Gasteiger partial charge in [0.05, 0.1) is 6.54 Å². The Morgan fingerprint density at radius 1 is 1.10 bits per heavy atom. The van der Waals surface area contributed by atoms with Crippen molar-refractivity contribution >= 4 is 5.91 Å². The van der Waals surface area contributed by atoms with Crippen LogP contribution in [0.1, 0.15) is 0 Å². The first-order valence-corrected chi connectivity index (χ1v) is 6.74. The van der Waals surface area contributed by atoms with Crippen LogP contribution in [0.25, 0.3) is 0 Å². The van der Waals surface area contributed by atoms with Gasteiger partial charge in [0.15, 0.2) is 0 Å². The minimum atomic E-state index is -0.139. The van der Waals surface area contributed by atoms with Crippen molar-refractivity contribution in [1.29, 1.82) is 0 Å². The van der Waals surface area contributed by atoms with Crippen LogP contribution < -0.4 is 11.3 Å². The van der Waals surface area contributed by atoms with Gasteiger partial charge in [0.1, 0.15) is 0 Å². The topological polar surface area (TPSA) is 61.6 Å². The molecule has 1 amide bonds. The molecule has 0 unspecified atom stereocenters. The quantitative estimate of drug-likeness (QED) is 0.307. The average Bonchev–Trinajstić information content (AvgIpc) is 2.47. The maximum Gasteiger partial charge on any atom is 0.248 e. The van der Waals surface area contributed by atoms with Crippen molar-refractivity contribution in [1.82, 2.24) is 15.2 Å². The lowest BCUT2D eigenvalue weighted by atomic mass is 10.2. The summed E-state index contributed by atoms with van der Waals surface area (Å²) in [6, 6.07) is 0. The summed E-state index contributed by atoms with van der Waals surface area (Å²) in [4.78, 5) is 15.7. The van der Waals surface area contributed by atoms with E-state index in [1.807, 2.05) is 18.2 Å². The number of piperazine rings is 1. The molecule has 1 rings (SSSR count). The van der Waals surface area contributed by atoms with E-state index in [0.717, 1.165) is 32.7 Å². The van der Waals surface area contributed by atoms with Crippen molar-refractivity contribution in [2.45, 2.75) is 0 Å². The van der Waals surface area contributed by atoms with Crippen LogP contribution in [-0.2, 0) is 4.79 Å². The minimum absolute atomic E-state index is 0.139. The molecule has 1 aliphatic heterocycles. The van der Waals surface area contributed by atoms with Crippen LogP contribution in [0.3, 0.4) is 0 Å². The molecule has 5 nitrogen and oxygen atoms in total. The number of nitrogens with one attached hydrogen (secondary N) is 1. The van der Waals surface area contributed by atoms with Crippen LogP contribution in [0.5, 0.6) is 0 Å². The molecule has 0 bridgehead atoms. The van der Waals surface area contributed by atoms with Crippen molar-refractivity contribution in [3.05, 3.63) is 49.1 Å². The maximum atomic E-state index is 11.2. The largest absolute Gasteiger partial charge is 0.297 e. The Kier molecular flexibility index (Phi) is 7.57. The van der Waals surface area contributed by atoms with Crippen LogP contribution in [0, 0.1) is 0 Å². The first-order valence-electron chi connectivity index (χ1n) is 6.74. The van der Waals surface area contributed by atoms with Crippen LogP contribution >= 0.6 is 0 Å². The maximum absolute atomic E-state index is 11.2. The van der Waals surface area contributed by atoms with Crippen molar-refractivity contribution < 1.29 is 4.79 Å². The second-order valence-corrected chi connectivity index (χ2v) is 4.69. The molecule has 1 saturated heterocycles. The molecule has 0 spiro atoms. The van der Waals surface area contributed by atoms with E-state index in [4.69, 9.17) is 5.84 Å². The molecule has 0 atom stereocenters. The number of rotatable bonds is 7. The molecule has 1 fully saturated rings. The minimum Gasteiger partial charge on any atom is -0.297 e. The summed E-state index contributed by atoms with van der Waals surface area (Å²) < 4.78 is 0. The van der Waals surface area contributed by atoms with Gasteiger partial charge in [-0.1, -0.05) is 43.5 Å². The summed E-state index contributed by atoms with van der Waals surface area (Å²) in [7, 11) is 0. The molecular formula is C15H24N4O. The zero-order chi connectivity index (χ0) is 14.8. The number of amides is 1. The molecule has 0 aromatic rings. The molecule has 5 heteroatoms. The van der Waals surface area contributed by atoms with Crippen LogP contribution in [0.4, 0.5) is 0 Å². The lowest BCUT2D eigenvalue weighted by Gasteiger charge is -2.34. The lowest BCUT2D eigenvalue weighted by molar-refractivity contribution is -0.122. The van der Waals surface area contributed by atoms with Crippen molar-refractivity contribution in [2.75, 3.05) is 39.3 Å². The normalized spacial score (nSPS) is 18.1. The molecule has 0 aromatic carbocycles. The first-order chi connectivity index (χ1) is 9.69. The van der Waals surface area contributed by atoms with Crippen LogP contribution in [-0.4, -0.2) is 55.0 Å². The SMILES string of the molecule is C=C/C=C\C(=C/C=C)CN1CCN(CC(=O)NN)CC1. The molecule has 20 heavy (non-hydrogen) atoms. The summed E-state index contributed by atoms with van der Waals surface area (Å²) in [5.41, 5.74) is 3.36. The highest BCUT2D eigenvalue weighted by molar-refractivity contribution is 5.77. The van der Waals surface area contributed by atoms with E-state index in [-0.39, 0.29) is 5.91 Å². The third-order valence-corrected chi connectivity index (χ3v) is 3.18.